The van der Waals surface area contributed by atoms with Crippen molar-refractivity contribution in [3.63, 3.8) is 0 Å². The van der Waals surface area contributed by atoms with E-state index in [0.29, 0.717) is 5.75 Å². The Bertz CT molecular complexity index is 370. The SMILES string of the molecule is CC[C@@H](C)NC(=O)CSCc1cccc(Cl)c1. The summed E-state index contributed by atoms with van der Waals surface area (Å²) in [6, 6.07) is 7.99. The van der Waals surface area contributed by atoms with Crippen molar-refractivity contribution in [2.24, 2.45) is 0 Å². The van der Waals surface area contributed by atoms with E-state index in [-0.39, 0.29) is 11.9 Å². The highest BCUT2D eigenvalue weighted by Crippen LogP contribution is 2.16. The van der Waals surface area contributed by atoms with Gasteiger partial charge >= 0.3 is 0 Å². The quantitative estimate of drug-likeness (QED) is 0.858. The first-order valence-corrected chi connectivity index (χ1v) is 7.26. The van der Waals surface area contributed by atoms with E-state index in [1.54, 1.807) is 11.8 Å². The number of hydrogen-bond donors (Lipinski definition) is 1. The molecule has 1 amide bonds. The molecule has 0 bridgehead atoms. The molecule has 0 aliphatic rings. The van der Waals surface area contributed by atoms with Crippen LogP contribution in [0, 0.1) is 0 Å². The molecule has 1 N–H and O–H groups in total. The number of carbonyl (C=O) groups is 1. The predicted molar refractivity (Wildman–Crippen MR) is 75.5 cm³/mol. The number of thioether (sulfide) groups is 1. The van der Waals surface area contributed by atoms with Crippen LogP contribution in [0.15, 0.2) is 24.3 Å². The van der Waals surface area contributed by atoms with Crippen molar-refractivity contribution in [2.75, 3.05) is 5.75 Å². The average molecular weight is 272 g/mol. The van der Waals surface area contributed by atoms with Gasteiger partial charge in [0.05, 0.1) is 5.75 Å². The Kier molecular flexibility index (Phi) is 6.45. The molecular weight excluding hydrogens is 254 g/mol. The van der Waals surface area contributed by atoms with Crippen LogP contribution in [0.25, 0.3) is 0 Å². The molecule has 1 rings (SSSR count). The van der Waals surface area contributed by atoms with Crippen LogP contribution in [-0.2, 0) is 10.5 Å². The summed E-state index contributed by atoms with van der Waals surface area (Å²) in [5, 5.41) is 3.68. The molecule has 0 aliphatic heterocycles. The van der Waals surface area contributed by atoms with Crippen molar-refractivity contribution in [1.29, 1.82) is 0 Å². The largest absolute Gasteiger partial charge is 0.353 e. The standard InChI is InChI=1S/C13H18ClNOS/c1-3-10(2)15-13(16)9-17-8-11-5-4-6-12(14)7-11/h4-7,10H,3,8-9H2,1-2H3,(H,15,16)/t10-/m1/s1. The summed E-state index contributed by atoms with van der Waals surface area (Å²) in [6.07, 6.45) is 0.963. The third-order valence-corrected chi connectivity index (χ3v) is 3.65. The van der Waals surface area contributed by atoms with Crippen molar-refractivity contribution >= 4 is 29.3 Å². The first-order valence-electron chi connectivity index (χ1n) is 5.73. The molecule has 17 heavy (non-hydrogen) atoms. The van der Waals surface area contributed by atoms with E-state index in [4.69, 9.17) is 11.6 Å². The fourth-order valence-electron chi connectivity index (χ4n) is 1.31. The predicted octanol–water partition coefficient (Wildman–Crippen LogP) is 3.49. The molecule has 1 aromatic carbocycles. The van der Waals surface area contributed by atoms with E-state index < -0.39 is 0 Å². The van der Waals surface area contributed by atoms with Gasteiger partial charge in [0.1, 0.15) is 0 Å². The van der Waals surface area contributed by atoms with Gasteiger partial charge in [-0.1, -0.05) is 30.7 Å². The van der Waals surface area contributed by atoms with Gasteiger partial charge in [-0.15, -0.1) is 11.8 Å². The van der Waals surface area contributed by atoms with E-state index in [2.05, 4.69) is 12.2 Å². The maximum Gasteiger partial charge on any atom is 0.230 e. The van der Waals surface area contributed by atoms with Crippen molar-refractivity contribution in [2.45, 2.75) is 32.1 Å². The van der Waals surface area contributed by atoms with E-state index in [0.717, 1.165) is 22.8 Å². The second kappa shape index (κ2) is 7.62. The van der Waals surface area contributed by atoms with Crippen molar-refractivity contribution in [1.82, 2.24) is 5.32 Å². The van der Waals surface area contributed by atoms with Crippen LogP contribution in [0.4, 0.5) is 0 Å². The Balaban J connectivity index is 2.26. The second-order valence-corrected chi connectivity index (χ2v) is 5.42. The van der Waals surface area contributed by atoms with Gasteiger partial charge in [0.25, 0.3) is 0 Å². The summed E-state index contributed by atoms with van der Waals surface area (Å²) in [7, 11) is 0. The van der Waals surface area contributed by atoms with Gasteiger partial charge < -0.3 is 5.32 Å². The second-order valence-electron chi connectivity index (χ2n) is 4.00. The fraction of sp³-hybridized carbons (Fsp3) is 0.462. The minimum atomic E-state index is 0.103. The minimum absolute atomic E-state index is 0.103. The molecule has 0 radical (unpaired) electrons. The molecule has 0 saturated carbocycles. The van der Waals surface area contributed by atoms with Gasteiger partial charge in [-0.25, -0.2) is 0 Å². The third-order valence-electron chi connectivity index (χ3n) is 2.41. The van der Waals surface area contributed by atoms with Gasteiger partial charge in [-0.2, -0.15) is 0 Å². The Morgan fingerprint density at radius 2 is 2.29 bits per heavy atom. The summed E-state index contributed by atoms with van der Waals surface area (Å²) < 4.78 is 0. The molecule has 0 saturated heterocycles. The topological polar surface area (TPSA) is 29.1 Å². The molecule has 0 heterocycles. The highest BCUT2D eigenvalue weighted by Gasteiger charge is 2.05. The van der Waals surface area contributed by atoms with Crippen molar-refractivity contribution < 1.29 is 4.79 Å². The lowest BCUT2D eigenvalue weighted by Crippen LogP contribution is -2.33. The van der Waals surface area contributed by atoms with Gasteiger partial charge in [-0.3, -0.25) is 4.79 Å². The Morgan fingerprint density at radius 1 is 1.53 bits per heavy atom. The summed E-state index contributed by atoms with van der Waals surface area (Å²) in [5.74, 6) is 1.41. The fourth-order valence-corrected chi connectivity index (χ4v) is 2.31. The van der Waals surface area contributed by atoms with Crippen molar-refractivity contribution in [3.05, 3.63) is 34.9 Å². The Hall–Kier alpha value is -0.670. The van der Waals surface area contributed by atoms with Gasteiger partial charge in [0.2, 0.25) is 5.91 Å². The lowest BCUT2D eigenvalue weighted by molar-refractivity contribution is -0.119. The molecule has 0 spiro atoms. The maximum absolute atomic E-state index is 11.5. The first-order chi connectivity index (χ1) is 8.11. The van der Waals surface area contributed by atoms with Crippen LogP contribution in [0.5, 0.6) is 0 Å². The van der Waals surface area contributed by atoms with Crippen LogP contribution in [0.3, 0.4) is 0 Å². The summed E-state index contributed by atoms with van der Waals surface area (Å²) in [4.78, 5) is 11.5. The number of amides is 1. The van der Waals surface area contributed by atoms with Gasteiger partial charge in [0.15, 0.2) is 0 Å². The van der Waals surface area contributed by atoms with Crippen LogP contribution in [0.2, 0.25) is 5.02 Å². The Morgan fingerprint density at radius 3 is 2.94 bits per heavy atom. The molecule has 0 fully saturated rings. The van der Waals surface area contributed by atoms with E-state index in [1.807, 2.05) is 31.2 Å². The minimum Gasteiger partial charge on any atom is -0.353 e. The first kappa shape index (κ1) is 14.4. The monoisotopic (exact) mass is 271 g/mol. The highest BCUT2D eigenvalue weighted by atomic mass is 35.5. The van der Waals surface area contributed by atoms with Crippen LogP contribution in [-0.4, -0.2) is 17.7 Å². The van der Waals surface area contributed by atoms with Crippen LogP contribution < -0.4 is 5.32 Å². The number of hydrogen-bond acceptors (Lipinski definition) is 2. The molecule has 0 unspecified atom stereocenters. The zero-order valence-electron chi connectivity index (χ0n) is 10.2. The summed E-state index contributed by atoms with van der Waals surface area (Å²) in [5.41, 5.74) is 1.15. The van der Waals surface area contributed by atoms with E-state index in [1.165, 1.54) is 0 Å². The van der Waals surface area contributed by atoms with Crippen LogP contribution in [0.1, 0.15) is 25.8 Å². The van der Waals surface area contributed by atoms with Gasteiger partial charge in [-0.05, 0) is 31.0 Å². The lowest BCUT2D eigenvalue weighted by atomic mass is 10.2. The number of halogens is 1. The van der Waals surface area contributed by atoms with Gasteiger partial charge in [0, 0.05) is 16.8 Å². The summed E-state index contributed by atoms with van der Waals surface area (Å²) >= 11 is 7.49. The zero-order valence-corrected chi connectivity index (χ0v) is 11.8. The smallest absolute Gasteiger partial charge is 0.230 e. The van der Waals surface area contributed by atoms with E-state index in [9.17, 15) is 4.79 Å². The summed E-state index contributed by atoms with van der Waals surface area (Å²) in [6.45, 7) is 4.07. The maximum atomic E-state index is 11.5. The number of rotatable bonds is 6. The van der Waals surface area contributed by atoms with E-state index >= 15 is 0 Å². The average Bonchev–Trinajstić information content (AvgIpc) is 2.29. The molecule has 2 nitrogen and oxygen atoms in total. The molecule has 94 valence electrons. The number of benzene rings is 1. The molecule has 1 atom stereocenters. The number of carbonyl (C=O) groups excluding carboxylic acids is 1. The third kappa shape index (κ3) is 5.99. The normalized spacial score (nSPS) is 12.2. The van der Waals surface area contributed by atoms with Crippen molar-refractivity contribution in [3.8, 4) is 0 Å². The van der Waals surface area contributed by atoms with Crippen LogP contribution >= 0.6 is 23.4 Å². The molecule has 0 aromatic heterocycles. The molecule has 4 heteroatoms. The Labute approximate surface area is 112 Å². The lowest BCUT2D eigenvalue weighted by Gasteiger charge is -2.10. The number of nitrogens with one attached hydrogen (secondary N) is 1. The zero-order chi connectivity index (χ0) is 12.7. The molecular formula is C13H18ClNOS. The highest BCUT2D eigenvalue weighted by molar-refractivity contribution is 7.99. The molecule has 0 aliphatic carbocycles. The molecule has 1 aromatic rings.